The largest absolute Gasteiger partial charge is 0.391 e. The number of aliphatic hydroxyl groups is 1. The number of carbonyl (C=O) groups is 1. The number of hydrogen-bond donors (Lipinski definition) is 1. The summed E-state index contributed by atoms with van der Waals surface area (Å²) in [5.41, 5.74) is 0. The van der Waals surface area contributed by atoms with E-state index in [1.54, 1.807) is 23.1 Å². The molecule has 1 aromatic carbocycles. The second-order valence-corrected chi connectivity index (χ2v) is 7.13. The number of amides is 1. The van der Waals surface area contributed by atoms with Crippen molar-refractivity contribution in [3.05, 3.63) is 30.3 Å². The molecule has 1 amide bonds. The normalized spacial score (nSPS) is 19.9. The summed E-state index contributed by atoms with van der Waals surface area (Å²) in [4.78, 5) is 13.8. The molecule has 110 valence electrons. The van der Waals surface area contributed by atoms with E-state index in [0.29, 0.717) is 19.5 Å². The van der Waals surface area contributed by atoms with E-state index in [4.69, 9.17) is 0 Å². The Labute approximate surface area is 119 Å². The fraction of sp³-hybridized carbons (Fsp3) is 0.500. The standard InChI is InChI=1S/C14H19NO4S/c16-12-5-4-9-15(11-12)14(17)8-10-20(18,19)13-6-2-1-3-7-13/h1-3,6-7,12,16H,4-5,8-11H2. The predicted molar refractivity (Wildman–Crippen MR) is 74.9 cm³/mol. The van der Waals surface area contributed by atoms with E-state index in [2.05, 4.69) is 0 Å². The summed E-state index contributed by atoms with van der Waals surface area (Å²) >= 11 is 0. The molecule has 0 spiro atoms. The molecule has 1 aliphatic rings. The molecule has 0 aromatic heterocycles. The van der Waals surface area contributed by atoms with Gasteiger partial charge in [-0.05, 0) is 25.0 Å². The van der Waals surface area contributed by atoms with E-state index in [1.165, 1.54) is 12.1 Å². The molecule has 6 heteroatoms. The summed E-state index contributed by atoms with van der Waals surface area (Å²) in [6, 6.07) is 8.14. The van der Waals surface area contributed by atoms with Crippen molar-refractivity contribution in [3.8, 4) is 0 Å². The number of hydrogen-bond acceptors (Lipinski definition) is 4. The third-order valence-electron chi connectivity index (χ3n) is 3.44. The fourth-order valence-corrected chi connectivity index (χ4v) is 3.56. The van der Waals surface area contributed by atoms with Gasteiger partial charge in [0.1, 0.15) is 0 Å². The van der Waals surface area contributed by atoms with E-state index in [9.17, 15) is 18.3 Å². The summed E-state index contributed by atoms with van der Waals surface area (Å²) in [6.45, 7) is 0.908. The molecule has 0 saturated carbocycles. The second-order valence-electron chi connectivity index (χ2n) is 5.02. The topological polar surface area (TPSA) is 74.7 Å². The highest BCUT2D eigenvalue weighted by Crippen LogP contribution is 2.14. The molecule has 1 heterocycles. The summed E-state index contributed by atoms with van der Waals surface area (Å²) in [5.74, 6) is -0.397. The van der Waals surface area contributed by atoms with Gasteiger partial charge in [-0.1, -0.05) is 18.2 Å². The number of β-amino-alcohol motifs (C(OH)–C–C–N with tert-alkyl or cyclic N) is 1. The molecule has 1 aliphatic heterocycles. The van der Waals surface area contributed by atoms with Crippen LogP contribution in [0.1, 0.15) is 19.3 Å². The monoisotopic (exact) mass is 297 g/mol. The summed E-state index contributed by atoms with van der Waals surface area (Å²) in [7, 11) is -3.42. The molecule has 1 fully saturated rings. The van der Waals surface area contributed by atoms with Crippen LogP contribution >= 0.6 is 0 Å². The molecular formula is C14H19NO4S. The lowest BCUT2D eigenvalue weighted by Crippen LogP contribution is -2.42. The van der Waals surface area contributed by atoms with Crippen LogP contribution < -0.4 is 0 Å². The molecule has 5 nitrogen and oxygen atoms in total. The maximum Gasteiger partial charge on any atom is 0.223 e. The first kappa shape index (κ1) is 15.0. The Morgan fingerprint density at radius 3 is 2.65 bits per heavy atom. The van der Waals surface area contributed by atoms with Crippen LogP contribution in [0.15, 0.2) is 35.2 Å². The maximum absolute atomic E-state index is 12.1. The summed E-state index contributed by atoms with van der Waals surface area (Å²) < 4.78 is 24.1. The van der Waals surface area contributed by atoms with Gasteiger partial charge in [-0.25, -0.2) is 8.42 Å². The van der Waals surface area contributed by atoms with Crippen molar-refractivity contribution in [1.82, 2.24) is 4.90 Å². The molecule has 2 rings (SSSR count). The third kappa shape index (κ3) is 3.80. The van der Waals surface area contributed by atoms with Crippen LogP contribution in [0, 0.1) is 0 Å². The van der Waals surface area contributed by atoms with E-state index in [1.807, 2.05) is 0 Å². The number of carbonyl (C=O) groups excluding carboxylic acids is 1. The van der Waals surface area contributed by atoms with E-state index < -0.39 is 15.9 Å². The van der Waals surface area contributed by atoms with Crippen LogP contribution in [0.4, 0.5) is 0 Å². The van der Waals surface area contributed by atoms with Crippen molar-refractivity contribution in [2.75, 3.05) is 18.8 Å². The van der Waals surface area contributed by atoms with Crippen LogP contribution in [0.25, 0.3) is 0 Å². The summed E-state index contributed by atoms with van der Waals surface area (Å²) in [5, 5.41) is 9.52. The van der Waals surface area contributed by atoms with Crippen molar-refractivity contribution in [1.29, 1.82) is 0 Å². The Bertz CT molecular complexity index is 556. The minimum atomic E-state index is -3.42. The second kappa shape index (κ2) is 6.37. The van der Waals surface area contributed by atoms with Gasteiger partial charge in [0.2, 0.25) is 5.91 Å². The number of piperidine rings is 1. The van der Waals surface area contributed by atoms with Gasteiger partial charge in [-0.2, -0.15) is 0 Å². The molecule has 1 aromatic rings. The number of sulfone groups is 1. The smallest absolute Gasteiger partial charge is 0.223 e. The predicted octanol–water partition coefficient (Wildman–Crippen LogP) is 0.834. The average molecular weight is 297 g/mol. The van der Waals surface area contributed by atoms with Crippen molar-refractivity contribution >= 4 is 15.7 Å². The van der Waals surface area contributed by atoms with Crippen LogP contribution in [0.3, 0.4) is 0 Å². The molecule has 20 heavy (non-hydrogen) atoms. The van der Waals surface area contributed by atoms with Crippen molar-refractivity contribution in [2.45, 2.75) is 30.3 Å². The first-order valence-electron chi connectivity index (χ1n) is 6.73. The molecule has 0 bridgehead atoms. The Balaban J connectivity index is 1.93. The van der Waals surface area contributed by atoms with E-state index >= 15 is 0 Å². The lowest BCUT2D eigenvalue weighted by Gasteiger charge is -2.30. The molecular weight excluding hydrogens is 278 g/mol. The van der Waals surface area contributed by atoms with Crippen LogP contribution in [0.5, 0.6) is 0 Å². The highest BCUT2D eigenvalue weighted by atomic mass is 32.2. The zero-order chi connectivity index (χ0) is 14.6. The first-order chi connectivity index (χ1) is 9.49. The van der Waals surface area contributed by atoms with Gasteiger partial charge in [0.15, 0.2) is 9.84 Å². The molecule has 1 N–H and O–H groups in total. The minimum Gasteiger partial charge on any atom is -0.391 e. The quantitative estimate of drug-likeness (QED) is 0.893. The Hall–Kier alpha value is -1.40. The van der Waals surface area contributed by atoms with E-state index in [-0.39, 0.29) is 23.0 Å². The van der Waals surface area contributed by atoms with Crippen LogP contribution in [-0.4, -0.2) is 49.3 Å². The third-order valence-corrected chi connectivity index (χ3v) is 5.17. The molecule has 1 saturated heterocycles. The lowest BCUT2D eigenvalue weighted by molar-refractivity contribution is -0.133. The van der Waals surface area contributed by atoms with Gasteiger partial charge in [-0.15, -0.1) is 0 Å². The highest BCUT2D eigenvalue weighted by molar-refractivity contribution is 7.91. The van der Waals surface area contributed by atoms with E-state index in [0.717, 1.165) is 6.42 Å². The highest BCUT2D eigenvalue weighted by Gasteiger charge is 2.24. The van der Waals surface area contributed by atoms with Crippen molar-refractivity contribution in [2.24, 2.45) is 0 Å². The Morgan fingerprint density at radius 1 is 1.30 bits per heavy atom. The zero-order valence-electron chi connectivity index (χ0n) is 11.2. The number of likely N-dealkylation sites (tertiary alicyclic amines) is 1. The molecule has 1 atom stereocenters. The number of benzene rings is 1. The molecule has 0 radical (unpaired) electrons. The Morgan fingerprint density at radius 2 is 2.00 bits per heavy atom. The van der Waals surface area contributed by atoms with Crippen molar-refractivity contribution in [3.63, 3.8) is 0 Å². The SMILES string of the molecule is O=C(CCS(=O)(=O)c1ccccc1)N1CCCC(O)C1. The van der Waals surface area contributed by atoms with Gasteiger partial charge >= 0.3 is 0 Å². The number of rotatable bonds is 4. The average Bonchev–Trinajstić information content (AvgIpc) is 2.46. The van der Waals surface area contributed by atoms with Gasteiger partial charge in [0.05, 0.1) is 16.8 Å². The zero-order valence-corrected chi connectivity index (χ0v) is 12.1. The van der Waals surface area contributed by atoms with Gasteiger partial charge in [0.25, 0.3) is 0 Å². The summed E-state index contributed by atoms with van der Waals surface area (Å²) in [6.07, 6.45) is 0.937. The maximum atomic E-state index is 12.1. The molecule has 0 aliphatic carbocycles. The lowest BCUT2D eigenvalue weighted by atomic mass is 10.1. The Kier molecular flexibility index (Phi) is 4.77. The van der Waals surface area contributed by atoms with Gasteiger partial charge < -0.3 is 10.0 Å². The molecule has 1 unspecified atom stereocenters. The van der Waals surface area contributed by atoms with Crippen LogP contribution in [-0.2, 0) is 14.6 Å². The van der Waals surface area contributed by atoms with Gasteiger partial charge in [0, 0.05) is 19.5 Å². The fourth-order valence-electron chi connectivity index (χ4n) is 2.31. The minimum absolute atomic E-state index is 0.0378. The number of aliphatic hydroxyl groups excluding tert-OH is 1. The van der Waals surface area contributed by atoms with Crippen molar-refractivity contribution < 1.29 is 18.3 Å². The van der Waals surface area contributed by atoms with Gasteiger partial charge in [-0.3, -0.25) is 4.79 Å². The van der Waals surface area contributed by atoms with Crippen LogP contribution in [0.2, 0.25) is 0 Å². The first-order valence-corrected chi connectivity index (χ1v) is 8.38. The number of nitrogens with zero attached hydrogens (tertiary/aromatic N) is 1.